The lowest BCUT2D eigenvalue weighted by Gasteiger charge is -2.17. The van der Waals surface area contributed by atoms with Crippen LogP contribution in [0.4, 0.5) is 9.93 Å². The maximum absolute atomic E-state index is 11.7. The number of amides is 2. The van der Waals surface area contributed by atoms with Gasteiger partial charge in [-0.2, -0.15) is 0 Å². The van der Waals surface area contributed by atoms with Crippen LogP contribution in [0.1, 0.15) is 26.7 Å². The van der Waals surface area contributed by atoms with Crippen molar-refractivity contribution in [3.63, 3.8) is 0 Å². The van der Waals surface area contributed by atoms with Crippen molar-refractivity contribution in [1.82, 2.24) is 10.3 Å². The Bertz CT molecular complexity index is 465. The smallest absolute Gasteiger partial charge is 0.321 e. The Labute approximate surface area is 130 Å². The minimum atomic E-state index is -0.846. The summed E-state index contributed by atoms with van der Waals surface area (Å²) in [6.07, 6.45) is 2.42. The molecule has 1 aromatic heterocycles. The number of nitrogens with one attached hydrogen (secondary N) is 2. The van der Waals surface area contributed by atoms with E-state index in [9.17, 15) is 9.59 Å². The average Bonchev–Trinajstić information content (AvgIpc) is 2.70. The Morgan fingerprint density at radius 1 is 1.50 bits per heavy atom. The summed E-state index contributed by atoms with van der Waals surface area (Å²) in [4.78, 5) is 26.5. The van der Waals surface area contributed by atoms with Crippen LogP contribution in [0.15, 0.2) is 9.98 Å². The van der Waals surface area contributed by atoms with Crippen LogP contribution in [0.3, 0.4) is 0 Å². The Morgan fingerprint density at radius 2 is 2.20 bits per heavy atom. The molecule has 0 bridgehead atoms. The van der Waals surface area contributed by atoms with Crippen LogP contribution in [-0.2, 0) is 4.79 Å². The van der Waals surface area contributed by atoms with E-state index in [2.05, 4.69) is 31.5 Å². The van der Waals surface area contributed by atoms with Gasteiger partial charge in [0.25, 0.3) is 0 Å². The second kappa shape index (κ2) is 8.21. The van der Waals surface area contributed by atoms with Gasteiger partial charge in [-0.05, 0) is 34.2 Å². The molecule has 112 valence electrons. The predicted octanol–water partition coefficient (Wildman–Crippen LogP) is 3.16. The van der Waals surface area contributed by atoms with Gasteiger partial charge >= 0.3 is 12.0 Å². The quantitative estimate of drug-likeness (QED) is 0.693. The number of urea groups is 1. The average molecular weight is 364 g/mol. The molecule has 1 atom stereocenters. The lowest BCUT2D eigenvalue weighted by molar-refractivity contribution is -0.138. The molecule has 8 heteroatoms. The molecule has 1 rings (SSSR count). The highest BCUT2D eigenvalue weighted by molar-refractivity contribution is 9.11. The third kappa shape index (κ3) is 6.85. The highest BCUT2D eigenvalue weighted by Gasteiger charge is 2.16. The number of rotatable bonds is 7. The maximum Gasteiger partial charge on any atom is 0.321 e. The summed E-state index contributed by atoms with van der Waals surface area (Å²) in [6, 6.07) is -0.369. The van der Waals surface area contributed by atoms with Crippen LogP contribution in [0, 0.1) is 11.8 Å². The molecule has 0 spiro atoms. The van der Waals surface area contributed by atoms with Crippen molar-refractivity contribution in [2.75, 3.05) is 11.9 Å². The molecule has 0 aromatic carbocycles. The molecule has 6 nitrogen and oxygen atoms in total. The molecular formula is C12H18BrN3O3S. The van der Waals surface area contributed by atoms with Crippen molar-refractivity contribution < 1.29 is 14.7 Å². The molecule has 0 saturated carbocycles. The third-order valence-electron chi connectivity index (χ3n) is 2.52. The fourth-order valence-electron chi connectivity index (χ4n) is 1.84. The molecule has 0 saturated heterocycles. The highest BCUT2D eigenvalue weighted by atomic mass is 79.9. The standard InChI is InChI=1S/C12H18BrN3O3S/c1-7(2)3-8(4-10(17)18)5-14-11(19)16-12-15-6-9(13)20-12/h6-8H,3-5H2,1-2H3,(H,17,18)(H2,14,15,16,19). The number of carboxylic acid groups (broad SMARTS) is 1. The highest BCUT2D eigenvalue weighted by Crippen LogP contribution is 2.23. The van der Waals surface area contributed by atoms with E-state index in [0.717, 1.165) is 10.2 Å². The molecule has 0 fully saturated rings. The minimum absolute atomic E-state index is 0.0568. The molecule has 0 radical (unpaired) electrons. The van der Waals surface area contributed by atoms with Gasteiger partial charge in [0.05, 0.1) is 9.98 Å². The number of nitrogens with zero attached hydrogens (tertiary/aromatic N) is 1. The number of hydrogen-bond donors (Lipinski definition) is 3. The van der Waals surface area contributed by atoms with Crippen LogP contribution in [0.5, 0.6) is 0 Å². The second-order valence-electron chi connectivity index (χ2n) is 4.90. The van der Waals surface area contributed by atoms with E-state index in [-0.39, 0.29) is 18.4 Å². The Kier molecular flexibility index (Phi) is 6.94. The van der Waals surface area contributed by atoms with Gasteiger partial charge in [0.1, 0.15) is 0 Å². The van der Waals surface area contributed by atoms with E-state index in [4.69, 9.17) is 5.11 Å². The summed E-state index contributed by atoms with van der Waals surface area (Å²) in [6.45, 7) is 4.40. The summed E-state index contributed by atoms with van der Waals surface area (Å²) in [5.74, 6) is -0.526. The second-order valence-corrected chi connectivity index (χ2v) is 7.31. The van der Waals surface area contributed by atoms with Gasteiger partial charge in [-0.3, -0.25) is 10.1 Å². The van der Waals surface area contributed by atoms with Crippen LogP contribution in [-0.4, -0.2) is 28.6 Å². The van der Waals surface area contributed by atoms with E-state index in [1.807, 2.05) is 13.8 Å². The summed E-state index contributed by atoms with van der Waals surface area (Å²) >= 11 is 4.57. The third-order valence-corrected chi connectivity index (χ3v) is 3.91. The molecule has 2 amide bonds. The number of hydrogen-bond acceptors (Lipinski definition) is 4. The van der Waals surface area contributed by atoms with E-state index >= 15 is 0 Å². The number of thiazole rings is 1. The van der Waals surface area contributed by atoms with E-state index in [1.54, 1.807) is 6.20 Å². The Balaban J connectivity index is 2.41. The lowest BCUT2D eigenvalue weighted by Crippen LogP contribution is -2.34. The maximum atomic E-state index is 11.7. The van der Waals surface area contributed by atoms with Gasteiger partial charge in [0, 0.05) is 13.0 Å². The van der Waals surface area contributed by atoms with Gasteiger partial charge in [-0.15, -0.1) is 0 Å². The Hall–Kier alpha value is -1.15. The molecule has 0 aliphatic heterocycles. The fourth-order valence-corrected chi connectivity index (χ4v) is 2.94. The Morgan fingerprint density at radius 3 is 2.70 bits per heavy atom. The zero-order valence-corrected chi connectivity index (χ0v) is 13.8. The zero-order chi connectivity index (χ0) is 15.1. The van der Waals surface area contributed by atoms with E-state index in [0.29, 0.717) is 17.6 Å². The van der Waals surface area contributed by atoms with Gasteiger partial charge in [-0.25, -0.2) is 9.78 Å². The number of halogens is 1. The van der Waals surface area contributed by atoms with Crippen LogP contribution < -0.4 is 10.6 Å². The van der Waals surface area contributed by atoms with Crippen molar-refractivity contribution in [1.29, 1.82) is 0 Å². The first kappa shape index (κ1) is 16.9. The molecule has 0 aliphatic rings. The first-order valence-electron chi connectivity index (χ1n) is 6.24. The number of carboxylic acids is 1. The molecule has 1 aromatic rings. The normalized spacial score (nSPS) is 12.2. The first-order chi connectivity index (χ1) is 9.36. The van der Waals surface area contributed by atoms with Gasteiger partial charge in [0.15, 0.2) is 5.13 Å². The van der Waals surface area contributed by atoms with Crippen LogP contribution in [0.2, 0.25) is 0 Å². The van der Waals surface area contributed by atoms with E-state index in [1.165, 1.54) is 11.3 Å². The fraction of sp³-hybridized carbons (Fsp3) is 0.583. The van der Waals surface area contributed by atoms with Gasteiger partial charge < -0.3 is 10.4 Å². The summed E-state index contributed by atoms with van der Waals surface area (Å²) in [7, 11) is 0. The lowest BCUT2D eigenvalue weighted by atomic mass is 9.94. The van der Waals surface area contributed by atoms with E-state index < -0.39 is 5.97 Å². The number of anilines is 1. The molecular weight excluding hydrogens is 346 g/mol. The molecule has 20 heavy (non-hydrogen) atoms. The summed E-state index contributed by atoms with van der Waals surface area (Å²) < 4.78 is 0.830. The van der Waals surface area contributed by atoms with Gasteiger partial charge in [0.2, 0.25) is 0 Å². The topological polar surface area (TPSA) is 91.3 Å². The molecule has 0 aliphatic carbocycles. The minimum Gasteiger partial charge on any atom is -0.481 e. The van der Waals surface area contributed by atoms with Crippen LogP contribution in [0.25, 0.3) is 0 Å². The molecule has 1 heterocycles. The zero-order valence-electron chi connectivity index (χ0n) is 11.4. The van der Waals surface area contributed by atoms with Gasteiger partial charge in [-0.1, -0.05) is 25.2 Å². The number of aliphatic carboxylic acids is 1. The first-order valence-corrected chi connectivity index (χ1v) is 7.85. The molecule has 1 unspecified atom stereocenters. The number of carbonyl (C=O) groups excluding carboxylic acids is 1. The number of aromatic nitrogens is 1. The summed E-state index contributed by atoms with van der Waals surface area (Å²) in [5.41, 5.74) is 0. The largest absolute Gasteiger partial charge is 0.481 e. The van der Waals surface area contributed by atoms with Crippen molar-refractivity contribution in [3.05, 3.63) is 9.98 Å². The SMILES string of the molecule is CC(C)CC(CNC(=O)Nc1ncc(Br)s1)CC(=O)O. The number of carbonyl (C=O) groups is 2. The summed E-state index contributed by atoms with van der Waals surface area (Å²) in [5, 5.41) is 14.6. The van der Waals surface area contributed by atoms with Crippen molar-refractivity contribution in [2.24, 2.45) is 11.8 Å². The molecule has 3 N–H and O–H groups in total. The van der Waals surface area contributed by atoms with Crippen molar-refractivity contribution in [2.45, 2.75) is 26.7 Å². The van der Waals surface area contributed by atoms with Crippen molar-refractivity contribution >= 4 is 44.4 Å². The van der Waals surface area contributed by atoms with Crippen molar-refractivity contribution in [3.8, 4) is 0 Å². The van der Waals surface area contributed by atoms with Crippen LogP contribution >= 0.6 is 27.3 Å². The monoisotopic (exact) mass is 363 g/mol. The predicted molar refractivity (Wildman–Crippen MR) is 82.0 cm³/mol.